The van der Waals surface area contributed by atoms with Crippen LogP contribution in [-0.4, -0.2) is 27.3 Å². The number of rotatable bonds is 7. The fourth-order valence-corrected chi connectivity index (χ4v) is 2.53. The van der Waals surface area contributed by atoms with E-state index in [4.69, 9.17) is 4.42 Å². The molecule has 1 aliphatic rings. The summed E-state index contributed by atoms with van der Waals surface area (Å²) in [7, 11) is 1.97. The maximum Gasteiger partial charge on any atom is 0.103 e. The minimum absolute atomic E-state index is 0.789. The number of nitrogens with zero attached hydrogens (tertiary/aromatic N) is 3. The molecule has 2 aromatic heterocycles. The average molecular weight is 259 g/mol. The fourth-order valence-electron chi connectivity index (χ4n) is 2.53. The first-order chi connectivity index (χ1) is 9.31. The maximum absolute atomic E-state index is 5.38. The molecule has 0 atom stereocenters. The molecule has 0 saturated heterocycles. The van der Waals surface area contributed by atoms with Crippen molar-refractivity contribution < 1.29 is 4.42 Å². The second-order valence-corrected chi connectivity index (χ2v) is 5.41. The smallest absolute Gasteiger partial charge is 0.103 e. The van der Waals surface area contributed by atoms with E-state index in [1.807, 2.05) is 24.0 Å². The van der Waals surface area contributed by atoms with Gasteiger partial charge in [-0.25, -0.2) is 0 Å². The highest BCUT2D eigenvalue weighted by Gasteiger charge is 2.28. The summed E-state index contributed by atoms with van der Waals surface area (Å²) < 4.78 is 7.26. The van der Waals surface area contributed by atoms with Crippen LogP contribution in [0.2, 0.25) is 0 Å². The summed E-state index contributed by atoms with van der Waals surface area (Å²) in [6.45, 7) is 2.16. The monoisotopic (exact) mass is 259 g/mol. The lowest BCUT2D eigenvalue weighted by molar-refractivity contribution is 0.249. The van der Waals surface area contributed by atoms with Gasteiger partial charge in [-0.1, -0.05) is 0 Å². The van der Waals surface area contributed by atoms with Crippen molar-refractivity contribution in [1.82, 2.24) is 14.7 Å². The molecule has 0 amide bonds. The van der Waals surface area contributed by atoms with Gasteiger partial charge in [0.25, 0.3) is 0 Å². The van der Waals surface area contributed by atoms with Gasteiger partial charge in [-0.05, 0) is 37.9 Å². The van der Waals surface area contributed by atoms with E-state index in [9.17, 15) is 0 Å². The summed E-state index contributed by atoms with van der Waals surface area (Å²) in [4.78, 5) is 2.58. The van der Waals surface area contributed by atoms with Gasteiger partial charge < -0.3 is 4.42 Å². The Morgan fingerprint density at radius 1 is 1.47 bits per heavy atom. The zero-order chi connectivity index (χ0) is 13.1. The van der Waals surface area contributed by atoms with Gasteiger partial charge in [0.15, 0.2) is 0 Å². The molecule has 102 valence electrons. The number of aromatic nitrogens is 2. The molecule has 0 radical (unpaired) electrons. The maximum atomic E-state index is 5.38. The van der Waals surface area contributed by atoms with Crippen molar-refractivity contribution in [2.24, 2.45) is 7.05 Å². The van der Waals surface area contributed by atoms with Gasteiger partial charge in [-0.2, -0.15) is 5.10 Å². The summed E-state index contributed by atoms with van der Waals surface area (Å²) in [5.41, 5.74) is 1.31. The van der Waals surface area contributed by atoms with E-state index in [-0.39, 0.29) is 0 Å². The minimum Gasteiger partial charge on any atom is -0.469 e. The van der Waals surface area contributed by atoms with Gasteiger partial charge in [-0.3, -0.25) is 9.58 Å². The van der Waals surface area contributed by atoms with Crippen molar-refractivity contribution in [3.05, 3.63) is 42.1 Å². The van der Waals surface area contributed by atoms with E-state index < -0.39 is 0 Å². The fraction of sp³-hybridized carbons (Fsp3) is 0.533. The first-order valence-corrected chi connectivity index (χ1v) is 7.05. The van der Waals surface area contributed by atoms with E-state index in [1.54, 1.807) is 6.26 Å². The largest absolute Gasteiger partial charge is 0.469 e. The molecule has 1 fully saturated rings. The molecule has 2 aromatic rings. The Kier molecular flexibility index (Phi) is 3.69. The van der Waals surface area contributed by atoms with Crippen molar-refractivity contribution in [3.8, 4) is 0 Å². The topological polar surface area (TPSA) is 34.2 Å². The van der Waals surface area contributed by atoms with Gasteiger partial charge in [0.05, 0.1) is 12.5 Å². The van der Waals surface area contributed by atoms with Gasteiger partial charge in [0.1, 0.15) is 5.76 Å². The second kappa shape index (κ2) is 5.61. The predicted octanol–water partition coefficient (Wildman–Crippen LogP) is 2.61. The Bertz CT molecular complexity index is 499. The molecule has 1 saturated carbocycles. The lowest BCUT2D eigenvalue weighted by Gasteiger charge is -2.20. The minimum atomic E-state index is 0.789. The van der Waals surface area contributed by atoms with E-state index >= 15 is 0 Å². The first kappa shape index (κ1) is 12.5. The van der Waals surface area contributed by atoms with Crippen LogP contribution >= 0.6 is 0 Å². The van der Waals surface area contributed by atoms with Gasteiger partial charge in [0, 0.05) is 37.8 Å². The number of hydrogen-bond acceptors (Lipinski definition) is 3. The molecule has 3 rings (SSSR count). The quantitative estimate of drug-likeness (QED) is 0.766. The molecule has 2 heterocycles. The van der Waals surface area contributed by atoms with Crippen molar-refractivity contribution in [1.29, 1.82) is 0 Å². The predicted molar refractivity (Wildman–Crippen MR) is 73.7 cm³/mol. The van der Waals surface area contributed by atoms with E-state index in [0.717, 1.165) is 37.7 Å². The zero-order valence-corrected chi connectivity index (χ0v) is 11.5. The lowest BCUT2D eigenvalue weighted by Crippen LogP contribution is -2.26. The Labute approximate surface area is 114 Å². The van der Waals surface area contributed by atoms with E-state index in [0.29, 0.717) is 0 Å². The molecule has 0 aromatic carbocycles. The molecular weight excluding hydrogens is 238 g/mol. The molecule has 0 bridgehead atoms. The van der Waals surface area contributed by atoms with Crippen LogP contribution in [0.15, 0.2) is 35.2 Å². The lowest BCUT2D eigenvalue weighted by atomic mass is 10.2. The van der Waals surface area contributed by atoms with Crippen LogP contribution in [0.1, 0.15) is 30.6 Å². The van der Waals surface area contributed by atoms with Crippen LogP contribution in [0.4, 0.5) is 0 Å². The third-order valence-electron chi connectivity index (χ3n) is 3.66. The molecule has 0 unspecified atom stereocenters. The SMILES string of the molecule is Cn1cc(CN(CCCc2ccco2)C2CC2)cn1. The van der Waals surface area contributed by atoms with Crippen LogP contribution < -0.4 is 0 Å². The van der Waals surface area contributed by atoms with Crippen molar-refractivity contribution in [3.63, 3.8) is 0 Å². The molecule has 1 aliphatic carbocycles. The molecule has 0 spiro atoms. The third kappa shape index (κ3) is 3.47. The molecule has 0 aliphatic heterocycles. The first-order valence-electron chi connectivity index (χ1n) is 7.05. The zero-order valence-electron chi connectivity index (χ0n) is 11.5. The van der Waals surface area contributed by atoms with Crippen LogP contribution in [-0.2, 0) is 20.0 Å². The molecular formula is C15H21N3O. The van der Waals surface area contributed by atoms with Crippen LogP contribution in [0, 0.1) is 0 Å². The van der Waals surface area contributed by atoms with Gasteiger partial charge in [-0.15, -0.1) is 0 Å². The Morgan fingerprint density at radius 3 is 3.00 bits per heavy atom. The highest BCUT2D eigenvalue weighted by molar-refractivity contribution is 5.05. The Morgan fingerprint density at radius 2 is 2.37 bits per heavy atom. The number of furan rings is 1. The van der Waals surface area contributed by atoms with Gasteiger partial charge in [0.2, 0.25) is 0 Å². The third-order valence-corrected chi connectivity index (χ3v) is 3.66. The summed E-state index contributed by atoms with van der Waals surface area (Å²) in [5.74, 6) is 1.09. The highest BCUT2D eigenvalue weighted by atomic mass is 16.3. The molecule has 4 heteroatoms. The number of aryl methyl sites for hydroxylation is 2. The second-order valence-electron chi connectivity index (χ2n) is 5.41. The Balaban J connectivity index is 1.50. The summed E-state index contributed by atoms with van der Waals surface area (Å²) in [5, 5.41) is 4.25. The Hall–Kier alpha value is -1.55. The molecule has 19 heavy (non-hydrogen) atoms. The van der Waals surface area contributed by atoms with E-state index in [1.165, 1.54) is 18.4 Å². The number of hydrogen-bond donors (Lipinski definition) is 0. The van der Waals surface area contributed by atoms with Gasteiger partial charge >= 0.3 is 0 Å². The van der Waals surface area contributed by atoms with Crippen molar-refractivity contribution >= 4 is 0 Å². The highest BCUT2D eigenvalue weighted by Crippen LogP contribution is 2.28. The normalized spacial score (nSPS) is 15.3. The molecule has 0 N–H and O–H groups in total. The average Bonchev–Trinajstić information content (AvgIpc) is 2.96. The molecule has 4 nitrogen and oxygen atoms in total. The van der Waals surface area contributed by atoms with E-state index in [2.05, 4.69) is 22.3 Å². The van der Waals surface area contributed by atoms with Crippen molar-refractivity contribution in [2.75, 3.05) is 6.54 Å². The summed E-state index contributed by atoms with van der Waals surface area (Å²) in [6.07, 6.45) is 10.7. The van der Waals surface area contributed by atoms with Crippen LogP contribution in [0.3, 0.4) is 0 Å². The van der Waals surface area contributed by atoms with Crippen LogP contribution in [0.5, 0.6) is 0 Å². The summed E-state index contributed by atoms with van der Waals surface area (Å²) in [6, 6.07) is 4.81. The standard InChI is InChI=1S/C15H21N3O/c1-17-11-13(10-16-17)12-18(14-6-7-14)8-2-4-15-5-3-9-19-15/h3,5,9-11,14H,2,4,6-8,12H2,1H3. The van der Waals surface area contributed by atoms with Crippen molar-refractivity contribution in [2.45, 2.75) is 38.3 Å². The summed E-state index contributed by atoms with van der Waals surface area (Å²) >= 11 is 0. The van der Waals surface area contributed by atoms with Crippen LogP contribution in [0.25, 0.3) is 0 Å².